The first kappa shape index (κ1) is 23.8. The van der Waals surface area contributed by atoms with E-state index in [4.69, 9.17) is 0 Å². The number of hydrogen-bond acceptors (Lipinski definition) is 5. The van der Waals surface area contributed by atoms with Gasteiger partial charge >= 0.3 is 6.18 Å². The standard InChI is InChI=1S/C25H26F3N5O/c1-15-10-17(12-31-24(15)18-4-7-20(29-3)8-5-18)11-22(34)21-14-32-33(16(21)2)23-9-6-19(13-30-23)25(26,27)28/h4,6,9-10,12-14,20,29H,5,7-8,11H2,1-3H3. The van der Waals surface area contributed by atoms with Gasteiger partial charge in [0.1, 0.15) is 0 Å². The van der Waals surface area contributed by atoms with Gasteiger partial charge < -0.3 is 5.32 Å². The number of rotatable bonds is 6. The number of ketones is 1. The van der Waals surface area contributed by atoms with Gasteiger partial charge in [-0.3, -0.25) is 9.78 Å². The predicted octanol–water partition coefficient (Wildman–Crippen LogP) is 4.88. The number of carbonyl (C=O) groups is 1. The Bertz CT molecular complexity index is 1230. The Balaban J connectivity index is 1.49. The van der Waals surface area contributed by atoms with Crippen molar-refractivity contribution >= 4 is 11.4 Å². The maximum Gasteiger partial charge on any atom is 0.417 e. The van der Waals surface area contributed by atoms with Crippen LogP contribution in [0.4, 0.5) is 13.2 Å². The van der Waals surface area contributed by atoms with E-state index < -0.39 is 11.7 Å². The van der Waals surface area contributed by atoms with E-state index in [1.54, 1.807) is 13.1 Å². The molecule has 1 aliphatic rings. The Labute approximate surface area is 195 Å². The molecule has 1 aliphatic carbocycles. The molecule has 1 atom stereocenters. The second kappa shape index (κ2) is 9.50. The zero-order chi connectivity index (χ0) is 24.5. The van der Waals surface area contributed by atoms with Gasteiger partial charge in [0.2, 0.25) is 0 Å². The van der Waals surface area contributed by atoms with E-state index in [9.17, 15) is 18.0 Å². The normalized spacial score (nSPS) is 16.4. The number of nitrogens with one attached hydrogen (secondary N) is 1. The van der Waals surface area contributed by atoms with E-state index in [0.29, 0.717) is 17.3 Å². The molecule has 1 N–H and O–H groups in total. The van der Waals surface area contributed by atoms with Crippen LogP contribution in [0.1, 0.15) is 57.7 Å². The van der Waals surface area contributed by atoms with Crippen LogP contribution in [0.3, 0.4) is 0 Å². The first-order chi connectivity index (χ1) is 16.2. The van der Waals surface area contributed by atoms with Crippen LogP contribution in [0.5, 0.6) is 0 Å². The molecule has 3 heterocycles. The minimum atomic E-state index is -4.46. The molecule has 0 fully saturated rings. The second-order valence-corrected chi connectivity index (χ2v) is 8.56. The molecular weight excluding hydrogens is 443 g/mol. The quantitative estimate of drug-likeness (QED) is 0.521. The van der Waals surface area contributed by atoms with Crippen molar-refractivity contribution < 1.29 is 18.0 Å². The molecule has 0 saturated carbocycles. The molecular formula is C25H26F3N5O. The summed E-state index contributed by atoms with van der Waals surface area (Å²) in [5.74, 6) is 0.0750. The highest BCUT2D eigenvalue weighted by Gasteiger charge is 2.31. The topological polar surface area (TPSA) is 72.7 Å². The molecule has 3 aromatic heterocycles. The molecule has 0 aromatic carbocycles. The average Bonchev–Trinajstić information content (AvgIpc) is 3.20. The second-order valence-electron chi connectivity index (χ2n) is 8.56. The molecule has 0 aliphatic heterocycles. The van der Waals surface area contributed by atoms with Crippen molar-refractivity contribution in [3.05, 3.63) is 76.5 Å². The molecule has 0 radical (unpaired) electrons. The Morgan fingerprint density at radius 2 is 1.97 bits per heavy atom. The van der Waals surface area contributed by atoms with Gasteiger partial charge in [-0.1, -0.05) is 12.1 Å². The maximum atomic E-state index is 13.0. The number of halogens is 3. The van der Waals surface area contributed by atoms with E-state index in [0.717, 1.165) is 48.3 Å². The number of aryl methyl sites for hydroxylation is 1. The lowest BCUT2D eigenvalue weighted by Crippen LogP contribution is -2.26. The summed E-state index contributed by atoms with van der Waals surface area (Å²) < 4.78 is 39.7. The van der Waals surface area contributed by atoms with E-state index in [1.807, 2.05) is 20.0 Å². The smallest absolute Gasteiger partial charge is 0.317 e. The third kappa shape index (κ3) is 4.94. The minimum absolute atomic E-state index is 0.140. The van der Waals surface area contributed by atoms with Crippen molar-refractivity contribution in [3.63, 3.8) is 0 Å². The maximum absolute atomic E-state index is 13.0. The molecule has 0 spiro atoms. The third-order valence-corrected chi connectivity index (χ3v) is 6.23. The van der Waals surface area contributed by atoms with Gasteiger partial charge in [-0.2, -0.15) is 18.3 Å². The number of hydrogen-bond donors (Lipinski definition) is 1. The number of pyridine rings is 2. The van der Waals surface area contributed by atoms with Crippen molar-refractivity contribution in [2.24, 2.45) is 0 Å². The van der Waals surface area contributed by atoms with Crippen LogP contribution in [0.15, 0.2) is 42.9 Å². The fraction of sp³-hybridized carbons (Fsp3) is 0.360. The first-order valence-electron chi connectivity index (χ1n) is 11.1. The number of Topliss-reactive ketones (excluding diaryl/α,β-unsaturated/α-hetero) is 1. The molecule has 0 amide bonds. The largest absolute Gasteiger partial charge is 0.417 e. The Morgan fingerprint density at radius 3 is 2.56 bits per heavy atom. The number of alkyl halides is 3. The van der Waals surface area contributed by atoms with Gasteiger partial charge in [-0.25, -0.2) is 9.67 Å². The monoisotopic (exact) mass is 469 g/mol. The van der Waals surface area contributed by atoms with Crippen molar-refractivity contribution in [2.75, 3.05) is 7.05 Å². The van der Waals surface area contributed by atoms with Crippen LogP contribution in [0, 0.1) is 13.8 Å². The first-order valence-corrected chi connectivity index (χ1v) is 11.1. The van der Waals surface area contributed by atoms with Gasteiger partial charge in [-0.05, 0) is 69.0 Å². The van der Waals surface area contributed by atoms with Gasteiger partial charge in [-0.15, -0.1) is 0 Å². The van der Waals surface area contributed by atoms with Gasteiger partial charge in [0.15, 0.2) is 11.6 Å². The minimum Gasteiger partial charge on any atom is -0.317 e. The molecule has 1 unspecified atom stereocenters. The predicted molar refractivity (Wildman–Crippen MR) is 123 cm³/mol. The summed E-state index contributed by atoms with van der Waals surface area (Å²) >= 11 is 0. The molecule has 0 bridgehead atoms. The Hall–Kier alpha value is -3.33. The molecule has 178 valence electrons. The zero-order valence-electron chi connectivity index (χ0n) is 19.3. The van der Waals surface area contributed by atoms with Crippen molar-refractivity contribution in [3.8, 4) is 5.82 Å². The lowest BCUT2D eigenvalue weighted by Gasteiger charge is -2.22. The van der Waals surface area contributed by atoms with Crippen LogP contribution < -0.4 is 5.32 Å². The summed E-state index contributed by atoms with van der Waals surface area (Å²) in [6.07, 6.45) is 4.86. The van der Waals surface area contributed by atoms with E-state index in [-0.39, 0.29) is 18.0 Å². The van der Waals surface area contributed by atoms with Crippen molar-refractivity contribution in [1.29, 1.82) is 0 Å². The summed E-state index contributed by atoms with van der Waals surface area (Å²) in [5, 5.41) is 7.47. The summed E-state index contributed by atoms with van der Waals surface area (Å²) in [6, 6.07) is 4.68. The number of allylic oxidation sites excluding steroid dienone is 1. The summed E-state index contributed by atoms with van der Waals surface area (Å²) in [6.45, 7) is 3.70. The van der Waals surface area contributed by atoms with Gasteiger partial charge in [0, 0.05) is 24.9 Å². The van der Waals surface area contributed by atoms with Crippen LogP contribution in [0.25, 0.3) is 11.4 Å². The fourth-order valence-electron chi connectivity index (χ4n) is 4.25. The summed E-state index contributed by atoms with van der Waals surface area (Å²) in [4.78, 5) is 21.5. The molecule has 34 heavy (non-hydrogen) atoms. The van der Waals surface area contributed by atoms with E-state index in [2.05, 4.69) is 26.5 Å². The Kier molecular flexibility index (Phi) is 6.65. The summed E-state index contributed by atoms with van der Waals surface area (Å²) in [7, 11) is 1.98. The number of carbonyl (C=O) groups excluding carboxylic acids is 1. The molecule has 6 nitrogen and oxygen atoms in total. The van der Waals surface area contributed by atoms with Gasteiger partial charge in [0.05, 0.1) is 28.7 Å². The highest BCUT2D eigenvalue weighted by atomic mass is 19.4. The Morgan fingerprint density at radius 1 is 1.18 bits per heavy atom. The lowest BCUT2D eigenvalue weighted by molar-refractivity contribution is -0.137. The zero-order valence-corrected chi connectivity index (χ0v) is 19.3. The van der Waals surface area contributed by atoms with Crippen LogP contribution in [-0.2, 0) is 12.6 Å². The van der Waals surface area contributed by atoms with Crippen LogP contribution >= 0.6 is 0 Å². The van der Waals surface area contributed by atoms with Crippen molar-refractivity contribution in [1.82, 2.24) is 25.1 Å². The molecule has 3 aromatic rings. The van der Waals surface area contributed by atoms with Gasteiger partial charge in [0.25, 0.3) is 0 Å². The van der Waals surface area contributed by atoms with E-state index in [1.165, 1.54) is 22.5 Å². The average molecular weight is 470 g/mol. The molecule has 4 rings (SSSR count). The van der Waals surface area contributed by atoms with Crippen LogP contribution in [-0.4, -0.2) is 38.6 Å². The van der Waals surface area contributed by atoms with Crippen LogP contribution in [0.2, 0.25) is 0 Å². The highest BCUT2D eigenvalue weighted by molar-refractivity contribution is 5.98. The van der Waals surface area contributed by atoms with Crippen molar-refractivity contribution in [2.45, 2.75) is 51.7 Å². The number of aromatic nitrogens is 4. The summed E-state index contributed by atoms with van der Waals surface area (Å²) in [5.41, 5.74) is 4.12. The molecule has 0 saturated heterocycles. The molecule has 9 heteroatoms. The lowest BCUT2D eigenvalue weighted by atomic mass is 9.91. The highest BCUT2D eigenvalue weighted by Crippen LogP contribution is 2.30. The SMILES string of the molecule is CNC1CC=C(c2ncc(CC(=O)c3cnn(-c4ccc(C(F)(F)F)cn4)c3C)cc2C)CC1. The fourth-order valence-corrected chi connectivity index (χ4v) is 4.25. The van der Waals surface area contributed by atoms with E-state index >= 15 is 0 Å². The number of nitrogens with zero attached hydrogens (tertiary/aromatic N) is 4. The third-order valence-electron chi connectivity index (χ3n) is 6.23.